The van der Waals surface area contributed by atoms with Gasteiger partial charge in [-0.25, -0.2) is 0 Å². The molecule has 1 aromatic heterocycles. The monoisotopic (exact) mass is 356 g/mol. The number of benzene rings is 1. The molecular weight excluding hydrogens is 339 g/mol. The fraction of sp³-hybridized carbons (Fsp3) is 0.357. The molecule has 0 atom stereocenters. The summed E-state index contributed by atoms with van der Waals surface area (Å²) in [5.74, 6) is 0.900. The number of rotatable bonds is 5. The summed E-state index contributed by atoms with van der Waals surface area (Å²) in [5, 5.41) is 4.51. The van der Waals surface area contributed by atoms with Crippen molar-refractivity contribution in [1.82, 2.24) is 9.78 Å². The summed E-state index contributed by atoms with van der Waals surface area (Å²) in [5.41, 5.74) is 2.26. The smallest absolute Gasteiger partial charge is 0.130 e. The minimum atomic E-state index is 0.571. The lowest BCUT2D eigenvalue weighted by atomic mass is 10.3. The Kier molecular flexibility index (Phi) is 4.63. The molecule has 2 aromatic rings. The van der Waals surface area contributed by atoms with E-state index in [2.05, 4.69) is 47.6 Å². The zero-order valence-corrected chi connectivity index (χ0v) is 12.8. The Morgan fingerprint density at radius 3 is 2.56 bits per heavy atom. The molecule has 2 rings (SSSR count). The lowest BCUT2D eigenvalue weighted by molar-refractivity contribution is 0.292. The summed E-state index contributed by atoms with van der Waals surface area (Å²) in [6.07, 6.45) is 0.962. The second-order valence-electron chi connectivity index (χ2n) is 4.04. The molecule has 0 aliphatic heterocycles. The lowest BCUT2D eigenvalue weighted by Crippen LogP contribution is -2.06. The van der Waals surface area contributed by atoms with Crippen molar-refractivity contribution >= 4 is 22.6 Å². The van der Waals surface area contributed by atoms with E-state index in [1.807, 2.05) is 28.9 Å². The van der Waals surface area contributed by atoms with Crippen molar-refractivity contribution in [3.63, 3.8) is 0 Å². The van der Waals surface area contributed by atoms with E-state index in [1.165, 1.54) is 3.57 Å². The van der Waals surface area contributed by atoms with E-state index in [1.54, 1.807) is 0 Å². The van der Waals surface area contributed by atoms with Crippen molar-refractivity contribution in [2.24, 2.45) is 0 Å². The van der Waals surface area contributed by atoms with Crippen LogP contribution in [0.3, 0.4) is 0 Å². The fourth-order valence-corrected chi connectivity index (χ4v) is 2.13. The van der Waals surface area contributed by atoms with Gasteiger partial charge in [0.1, 0.15) is 12.4 Å². The fourth-order valence-electron chi connectivity index (χ4n) is 1.77. The van der Waals surface area contributed by atoms with Crippen LogP contribution in [0.1, 0.15) is 25.2 Å². The summed E-state index contributed by atoms with van der Waals surface area (Å²) >= 11 is 2.29. The Bertz CT molecular complexity index is 505. The van der Waals surface area contributed by atoms with E-state index < -0.39 is 0 Å². The molecule has 0 fully saturated rings. The van der Waals surface area contributed by atoms with E-state index >= 15 is 0 Å². The second kappa shape index (κ2) is 6.22. The average Bonchev–Trinajstić information content (AvgIpc) is 2.80. The van der Waals surface area contributed by atoms with Gasteiger partial charge in [0.15, 0.2) is 0 Å². The molecule has 0 bridgehead atoms. The zero-order valence-electron chi connectivity index (χ0n) is 10.7. The summed E-state index contributed by atoms with van der Waals surface area (Å²) in [6, 6.07) is 10.2. The zero-order chi connectivity index (χ0) is 13.0. The van der Waals surface area contributed by atoms with Crippen molar-refractivity contribution in [2.45, 2.75) is 33.4 Å². The van der Waals surface area contributed by atoms with E-state index in [0.29, 0.717) is 6.61 Å². The number of nitrogens with zero attached hydrogens (tertiary/aromatic N) is 2. The third-order valence-electron chi connectivity index (χ3n) is 2.78. The van der Waals surface area contributed by atoms with Crippen LogP contribution in [-0.2, 0) is 19.6 Å². The van der Waals surface area contributed by atoms with Crippen LogP contribution in [-0.4, -0.2) is 9.78 Å². The van der Waals surface area contributed by atoms with Crippen LogP contribution in [0.15, 0.2) is 30.3 Å². The van der Waals surface area contributed by atoms with Crippen LogP contribution in [0, 0.1) is 3.57 Å². The van der Waals surface area contributed by atoms with Gasteiger partial charge in [-0.2, -0.15) is 5.10 Å². The first kappa shape index (κ1) is 13.4. The molecule has 96 valence electrons. The van der Waals surface area contributed by atoms with E-state index in [9.17, 15) is 0 Å². The largest absolute Gasteiger partial charge is 0.487 e. The van der Waals surface area contributed by atoms with Gasteiger partial charge in [-0.3, -0.25) is 4.68 Å². The number of halogens is 1. The molecule has 0 unspecified atom stereocenters. The molecule has 0 radical (unpaired) electrons. The molecule has 18 heavy (non-hydrogen) atoms. The van der Waals surface area contributed by atoms with Crippen molar-refractivity contribution in [2.75, 3.05) is 0 Å². The Hall–Kier alpha value is -1.04. The molecule has 1 aromatic carbocycles. The molecular formula is C14H17IN2O. The van der Waals surface area contributed by atoms with Crippen molar-refractivity contribution in [1.29, 1.82) is 0 Å². The second-order valence-corrected chi connectivity index (χ2v) is 5.28. The maximum Gasteiger partial charge on any atom is 0.130 e. The molecule has 0 saturated carbocycles. The molecule has 3 nitrogen and oxygen atoms in total. The molecule has 0 spiro atoms. The minimum absolute atomic E-state index is 0.571. The minimum Gasteiger partial charge on any atom is -0.487 e. The summed E-state index contributed by atoms with van der Waals surface area (Å²) < 4.78 is 9.00. The van der Waals surface area contributed by atoms with E-state index in [4.69, 9.17) is 4.74 Å². The van der Waals surface area contributed by atoms with E-state index in [-0.39, 0.29) is 0 Å². The van der Waals surface area contributed by atoms with Gasteiger partial charge in [0.2, 0.25) is 0 Å². The quantitative estimate of drug-likeness (QED) is 0.765. The number of hydrogen-bond donors (Lipinski definition) is 0. The number of aromatic nitrogens is 2. The SMILES string of the molecule is CCc1cc(COc2ccc(I)cc2)n(CC)n1. The van der Waals surface area contributed by atoms with Crippen LogP contribution in [0.2, 0.25) is 0 Å². The maximum absolute atomic E-state index is 5.78. The van der Waals surface area contributed by atoms with Crippen molar-refractivity contribution in [3.8, 4) is 5.75 Å². The Balaban J connectivity index is 2.05. The van der Waals surface area contributed by atoms with Crippen molar-refractivity contribution in [3.05, 3.63) is 45.3 Å². The predicted molar refractivity (Wildman–Crippen MR) is 80.8 cm³/mol. The van der Waals surface area contributed by atoms with Gasteiger partial charge >= 0.3 is 0 Å². The normalized spacial score (nSPS) is 10.6. The molecule has 0 aliphatic rings. The number of ether oxygens (including phenoxy) is 1. The van der Waals surface area contributed by atoms with Gasteiger partial charge in [-0.15, -0.1) is 0 Å². The molecule has 0 N–H and O–H groups in total. The Morgan fingerprint density at radius 2 is 1.94 bits per heavy atom. The Labute approximate surface area is 121 Å². The summed E-state index contributed by atoms with van der Waals surface area (Å²) in [4.78, 5) is 0. The maximum atomic E-state index is 5.78. The first-order chi connectivity index (χ1) is 8.72. The molecule has 0 aliphatic carbocycles. The van der Waals surface area contributed by atoms with E-state index in [0.717, 1.165) is 30.1 Å². The standard InChI is InChI=1S/C14H17IN2O/c1-3-12-9-13(17(4-2)16-12)10-18-14-7-5-11(15)6-8-14/h5-9H,3-4,10H2,1-2H3. The number of aryl methyl sites for hydroxylation is 2. The first-order valence-electron chi connectivity index (χ1n) is 6.17. The lowest BCUT2D eigenvalue weighted by Gasteiger charge is -2.07. The van der Waals surface area contributed by atoms with Gasteiger partial charge in [0, 0.05) is 10.1 Å². The average molecular weight is 356 g/mol. The molecule has 1 heterocycles. The molecule has 4 heteroatoms. The highest BCUT2D eigenvalue weighted by Crippen LogP contribution is 2.15. The van der Waals surface area contributed by atoms with Gasteiger partial charge in [-0.1, -0.05) is 6.92 Å². The third kappa shape index (κ3) is 3.25. The topological polar surface area (TPSA) is 27.1 Å². The van der Waals surface area contributed by atoms with Gasteiger partial charge in [0.05, 0.1) is 11.4 Å². The third-order valence-corrected chi connectivity index (χ3v) is 3.50. The van der Waals surface area contributed by atoms with Crippen LogP contribution < -0.4 is 4.74 Å². The van der Waals surface area contributed by atoms with Gasteiger partial charge < -0.3 is 4.74 Å². The van der Waals surface area contributed by atoms with Crippen LogP contribution in [0.25, 0.3) is 0 Å². The highest BCUT2D eigenvalue weighted by Gasteiger charge is 2.06. The molecule has 0 saturated heterocycles. The van der Waals surface area contributed by atoms with Crippen LogP contribution in [0.4, 0.5) is 0 Å². The van der Waals surface area contributed by atoms with Crippen LogP contribution >= 0.6 is 22.6 Å². The summed E-state index contributed by atoms with van der Waals surface area (Å²) in [7, 11) is 0. The van der Waals surface area contributed by atoms with Gasteiger partial charge in [0.25, 0.3) is 0 Å². The highest BCUT2D eigenvalue weighted by atomic mass is 127. The number of hydrogen-bond acceptors (Lipinski definition) is 2. The highest BCUT2D eigenvalue weighted by molar-refractivity contribution is 14.1. The first-order valence-corrected chi connectivity index (χ1v) is 7.24. The van der Waals surface area contributed by atoms with Gasteiger partial charge in [-0.05, 0) is 66.3 Å². The van der Waals surface area contributed by atoms with Crippen LogP contribution in [0.5, 0.6) is 5.75 Å². The molecule has 0 amide bonds. The van der Waals surface area contributed by atoms with Crippen molar-refractivity contribution < 1.29 is 4.74 Å². The summed E-state index contributed by atoms with van der Waals surface area (Å²) in [6.45, 7) is 5.67. The predicted octanol–water partition coefficient (Wildman–Crippen LogP) is 3.65. The Morgan fingerprint density at radius 1 is 1.22 bits per heavy atom.